The van der Waals surface area contributed by atoms with Gasteiger partial charge in [-0.2, -0.15) is 4.98 Å². The molecule has 0 radical (unpaired) electrons. The molecule has 0 unspecified atom stereocenters. The highest BCUT2D eigenvalue weighted by Gasteiger charge is 2.26. The molecule has 0 saturated carbocycles. The van der Waals surface area contributed by atoms with Gasteiger partial charge < -0.3 is 29.2 Å². The molecule has 57 heavy (non-hydrogen) atoms. The van der Waals surface area contributed by atoms with Gasteiger partial charge in [0.25, 0.3) is 0 Å². The van der Waals surface area contributed by atoms with E-state index in [9.17, 15) is 9.59 Å². The summed E-state index contributed by atoms with van der Waals surface area (Å²) in [5, 5.41) is 10.5. The van der Waals surface area contributed by atoms with Crippen molar-refractivity contribution in [2.45, 2.75) is 118 Å². The summed E-state index contributed by atoms with van der Waals surface area (Å²) in [5.41, 5.74) is 3.43. The number of ether oxygens (including phenoxy) is 2. The van der Waals surface area contributed by atoms with Gasteiger partial charge in [0.15, 0.2) is 0 Å². The van der Waals surface area contributed by atoms with Crippen molar-refractivity contribution >= 4 is 36.8 Å². The number of alkyl carbamates (subject to hydrolysis) is 1. The molecule has 2 N–H and O–H groups in total. The number of hydrogen-bond acceptors (Lipinski definition) is 11. The lowest BCUT2D eigenvalue weighted by molar-refractivity contribution is 0.0529. The fraction of sp³-hybridized carbons (Fsp3) is 0.500. The Balaban J connectivity index is 1.38. The molecule has 0 aliphatic rings. The molecule has 0 fully saturated rings. The molecule has 13 nitrogen and oxygen atoms in total. The maximum absolute atomic E-state index is 16.5. The van der Waals surface area contributed by atoms with E-state index in [2.05, 4.69) is 55.4 Å². The number of anilines is 1. The number of rotatable bonds is 16. The highest BCUT2D eigenvalue weighted by Crippen LogP contribution is 2.37. The van der Waals surface area contributed by atoms with E-state index in [1.807, 2.05) is 77.3 Å². The number of nitrogens with one attached hydrogen (secondary N) is 2. The van der Waals surface area contributed by atoms with Gasteiger partial charge in [-0.3, -0.25) is 4.79 Å². The molecular weight excluding hydrogens is 744 g/mol. The zero-order chi connectivity index (χ0) is 41.7. The van der Waals surface area contributed by atoms with Crippen molar-refractivity contribution in [2.75, 3.05) is 25.0 Å². The Morgan fingerprint density at radius 2 is 1.77 bits per heavy atom. The van der Waals surface area contributed by atoms with Crippen molar-refractivity contribution in [1.29, 1.82) is 0 Å². The van der Waals surface area contributed by atoms with Crippen LogP contribution in [0, 0.1) is 12.7 Å². The van der Waals surface area contributed by atoms with Crippen LogP contribution >= 0.6 is 0 Å². The number of halogens is 1. The van der Waals surface area contributed by atoms with Crippen molar-refractivity contribution in [3.63, 3.8) is 0 Å². The van der Waals surface area contributed by atoms with E-state index in [-0.39, 0.29) is 41.9 Å². The first-order valence-electron chi connectivity index (χ1n) is 19.5. The monoisotopic (exact) mass is 800 g/mol. The summed E-state index contributed by atoms with van der Waals surface area (Å²) in [4.78, 5) is 43.1. The van der Waals surface area contributed by atoms with Crippen LogP contribution in [0.5, 0.6) is 0 Å². The lowest BCUT2D eigenvalue weighted by atomic mass is 9.89. The Labute approximate surface area is 335 Å². The molecule has 306 valence electrons. The van der Waals surface area contributed by atoms with Gasteiger partial charge >= 0.3 is 6.09 Å². The summed E-state index contributed by atoms with van der Waals surface area (Å²) < 4.78 is 35.3. The number of hydrogen-bond donors (Lipinski definition) is 2. The van der Waals surface area contributed by atoms with E-state index in [0.29, 0.717) is 65.7 Å². The first-order valence-corrected chi connectivity index (χ1v) is 23.2. The number of pyridine rings is 1. The van der Waals surface area contributed by atoms with Crippen molar-refractivity contribution in [3.8, 4) is 22.5 Å². The fourth-order valence-corrected chi connectivity index (χ4v) is 6.93. The van der Waals surface area contributed by atoms with E-state index >= 15 is 4.39 Å². The predicted octanol–water partition coefficient (Wildman–Crippen LogP) is 9.30. The van der Waals surface area contributed by atoms with Crippen LogP contribution in [0.15, 0.2) is 47.4 Å². The minimum atomic E-state index is -1.33. The second kappa shape index (κ2) is 17.6. The number of carbonyl (C=O) groups excluding carboxylic acids is 2. The van der Waals surface area contributed by atoms with E-state index in [0.717, 1.165) is 22.9 Å². The predicted molar refractivity (Wildman–Crippen MR) is 223 cm³/mol. The number of Topliss-reactive ketones (excluding diaryl/α,β-unsaturated/α-hetero) is 1. The van der Waals surface area contributed by atoms with Gasteiger partial charge in [-0.15, -0.1) is 0 Å². The molecule has 0 aliphatic carbocycles. The second-order valence-corrected chi connectivity index (χ2v) is 23.4. The number of fused-ring (bicyclic) bond motifs is 1. The van der Waals surface area contributed by atoms with Crippen molar-refractivity contribution in [3.05, 3.63) is 71.5 Å². The summed E-state index contributed by atoms with van der Waals surface area (Å²) >= 11 is 0. The Bertz CT molecular complexity index is 2180. The number of carbonyl (C=O) groups is 2. The van der Waals surface area contributed by atoms with Crippen LogP contribution in [0.25, 0.3) is 33.5 Å². The standard InChI is InChI=1S/C42H57FN8O5Si/c1-26(12-16-33(52)37-49-39(56-50-37)41(3,4)5)29-14-15-30(35(43)27(29)2)36-31-22-32(51(38(31)48-24-47-36)25-54-20-21-57(9,10)11)28-13-17-34(46-23-28)44-18-19-45-40(53)55-42(6,7)8/h13-15,17,22-24,26H,12,16,18-21,25H2,1-11H3,(H,44,46)(H,45,53)/t26-/m0/s1. The Morgan fingerprint density at radius 3 is 2.42 bits per heavy atom. The summed E-state index contributed by atoms with van der Waals surface area (Å²) in [6, 6.07) is 10.5. The third kappa shape index (κ3) is 11.3. The Hall–Kier alpha value is -5.02. The lowest BCUT2D eigenvalue weighted by Gasteiger charge is -2.19. The van der Waals surface area contributed by atoms with Gasteiger partial charge in [-0.1, -0.05) is 58.6 Å². The minimum absolute atomic E-state index is 0.0685. The summed E-state index contributed by atoms with van der Waals surface area (Å²) in [5.74, 6) is 0.423. The van der Waals surface area contributed by atoms with Crippen LogP contribution in [0.2, 0.25) is 25.7 Å². The molecule has 4 heterocycles. The van der Waals surface area contributed by atoms with Gasteiger partial charge in [-0.05, 0) is 81.5 Å². The number of nitrogens with zero attached hydrogens (tertiary/aromatic N) is 6. The third-order valence-corrected chi connectivity index (χ3v) is 11.1. The van der Waals surface area contributed by atoms with E-state index in [1.165, 1.54) is 6.33 Å². The molecular formula is C42H57FN8O5Si. The van der Waals surface area contributed by atoms with Crippen molar-refractivity contribution in [1.82, 2.24) is 35.0 Å². The lowest BCUT2D eigenvalue weighted by Crippen LogP contribution is -2.35. The molecule has 0 spiro atoms. The van der Waals surface area contributed by atoms with Crippen LogP contribution in [-0.2, 0) is 21.6 Å². The first kappa shape index (κ1) is 43.1. The molecule has 1 atom stereocenters. The highest BCUT2D eigenvalue weighted by molar-refractivity contribution is 6.76. The molecule has 1 amide bonds. The fourth-order valence-electron chi connectivity index (χ4n) is 6.17. The van der Waals surface area contributed by atoms with Gasteiger partial charge in [0.05, 0.1) is 11.4 Å². The van der Waals surface area contributed by atoms with Crippen LogP contribution in [0.1, 0.15) is 94.9 Å². The molecule has 0 bridgehead atoms. The van der Waals surface area contributed by atoms with Gasteiger partial charge in [-0.25, -0.2) is 24.1 Å². The average Bonchev–Trinajstić information content (AvgIpc) is 3.78. The number of ketones is 1. The Kier molecular flexibility index (Phi) is 13.3. The normalized spacial score (nSPS) is 12.8. The quantitative estimate of drug-likeness (QED) is 0.0556. The first-order chi connectivity index (χ1) is 26.7. The largest absolute Gasteiger partial charge is 0.444 e. The number of benzene rings is 1. The molecule has 5 rings (SSSR count). The van der Waals surface area contributed by atoms with Crippen LogP contribution < -0.4 is 10.6 Å². The SMILES string of the molecule is Cc1c([C@@H](C)CCC(=O)c2noc(C(C)(C)C)n2)ccc(-c2ncnc3c2cc(-c2ccc(NCCNC(=O)OC(C)(C)C)nc2)n3COCC[Si](C)(C)C)c1F. The molecule has 5 aromatic rings. The summed E-state index contributed by atoms with van der Waals surface area (Å²) in [6.07, 6.45) is 3.43. The van der Waals surface area contributed by atoms with Gasteiger partial charge in [0.2, 0.25) is 17.5 Å². The third-order valence-electron chi connectivity index (χ3n) is 9.40. The molecule has 15 heteroatoms. The minimum Gasteiger partial charge on any atom is -0.444 e. The zero-order valence-corrected chi connectivity index (χ0v) is 36.2. The molecule has 1 aromatic carbocycles. The molecule has 4 aromatic heterocycles. The second-order valence-electron chi connectivity index (χ2n) is 17.7. The van der Waals surface area contributed by atoms with Crippen molar-refractivity contribution in [2.24, 2.45) is 0 Å². The highest BCUT2D eigenvalue weighted by atomic mass is 28.3. The van der Waals surface area contributed by atoms with E-state index in [4.69, 9.17) is 14.0 Å². The van der Waals surface area contributed by atoms with Crippen LogP contribution in [-0.4, -0.2) is 74.9 Å². The smallest absolute Gasteiger partial charge is 0.407 e. The van der Waals surface area contributed by atoms with E-state index < -0.39 is 19.8 Å². The van der Waals surface area contributed by atoms with E-state index in [1.54, 1.807) is 19.2 Å². The topological polar surface area (TPSA) is 159 Å². The molecule has 0 aliphatic heterocycles. The van der Waals surface area contributed by atoms with Gasteiger partial charge in [0.1, 0.15) is 35.9 Å². The van der Waals surface area contributed by atoms with Crippen molar-refractivity contribution < 1.29 is 28.0 Å². The van der Waals surface area contributed by atoms with Gasteiger partial charge in [0, 0.05) is 62.3 Å². The number of aromatic nitrogens is 6. The van der Waals surface area contributed by atoms with Crippen LogP contribution in [0.4, 0.5) is 15.0 Å². The van der Waals surface area contributed by atoms with Crippen LogP contribution in [0.3, 0.4) is 0 Å². The maximum Gasteiger partial charge on any atom is 0.407 e. The zero-order valence-electron chi connectivity index (χ0n) is 35.2. The number of amides is 1. The summed E-state index contributed by atoms with van der Waals surface area (Å²) in [6.45, 7) is 23.6. The Morgan fingerprint density at radius 1 is 1.02 bits per heavy atom. The maximum atomic E-state index is 16.5. The molecule has 0 saturated heterocycles. The average molecular weight is 801 g/mol. The summed E-state index contributed by atoms with van der Waals surface area (Å²) in [7, 11) is -1.33.